The average molecular weight is 239 g/mol. The summed E-state index contributed by atoms with van der Waals surface area (Å²) in [5.41, 5.74) is 6.93. The molecule has 4 heteroatoms. The molecule has 0 saturated heterocycles. The van der Waals surface area contributed by atoms with Gasteiger partial charge in [0.1, 0.15) is 5.69 Å². The van der Waals surface area contributed by atoms with Crippen LogP contribution < -0.4 is 5.73 Å². The lowest BCUT2D eigenvalue weighted by molar-refractivity contribution is 0.579. The largest absolute Gasteiger partial charge is 0.461 e. The minimum absolute atomic E-state index is 0.645. The number of aromatic nitrogens is 1. The van der Waals surface area contributed by atoms with Crippen molar-refractivity contribution < 1.29 is 4.42 Å². The third-order valence-corrected chi connectivity index (χ3v) is 2.26. The van der Waals surface area contributed by atoms with Crippen molar-refractivity contribution in [3.63, 3.8) is 0 Å². The zero-order chi connectivity index (χ0) is 9.26. The first-order valence-electron chi connectivity index (χ1n) is 3.72. The zero-order valence-electron chi connectivity index (χ0n) is 6.70. The Bertz CT molecular complexity index is 408. The van der Waals surface area contributed by atoms with E-state index >= 15 is 0 Å². The van der Waals surface area contributed by atoms with Gasteiger partial charge in [0.15, 0.2) is 5.76 Å². The van der Waals surface area contributed by atoms with Crippen LogP contribution in [0.4, 0.5) is 5.69 Å². The van der Waals surface area contributed by atoms with E-state index in [4.69, 9.17) is 10.2 Å². The van der Waals surface area contributed by atoms with Gasteiger partial charge in [0, 0.05) is 0 Å². The van der Waals surface area contributed by atoms with Gasteiger partial charge >= 0.3 is 0 Å². The number of halogens is 1. The van der Waals surface area contributed by atoms with Crippen LogP contribution in [0.15, 0.2) is 39.5 Å². The monoisotopic (exact) mass is 238 g/mol. The fourth-order valence-corrected chi connectivity index (χ4v) is 1.42. The van der Waals surface area contributed by atoms with Crippen LogP contribution in [0.25, 0.3) is 11.5 Å². The molecule has 0 spiro atoms. The highest BCUT2D eigenvalue weighted by atomic mass is 79.9. The SMILES string of the molecule is Nc1ccc(-c2occc2Br)nc1. The predicted molar refractivity (Wildman–Crippen MR) is 54.1 cm³/mol. The number of nitrogens with two attached hydrogens (primary N) is 1. The Hall–Kier alpha value is -1.29. The van der Waals surface area contributed by atoms with Crippen LogP contribution >= 0.6 is 15.9 Å². The normalized spacial score (nSPS) is 10.2. The quantitative estimate of drug-likeness (QED) is 0.832. The molecule has 2 N–H and O–H groups in total. The van der Waals surface area contributed by atoms with E-state index in [1.165, 1.54) is 0 Å². The second kappa shape index (κ2) is 3.22. The maximum atomic E-state index is 5.51. The molecule has 66 valence electrons. The predicted octanol–water partition coefficient (Wildman–Crippen LogP) is 2.69. The summed E-state index contributed by atoms with van der Waals surface area (Å²) in [6.45, 7) is 0. The fourth-order valence-electron chi connectivity index (χ4n) is 1.02. The van der Waals surface area contributed by atoms with Crippen molar-refractivity contribution in [3.05, 3.63) is 35.1 Å². The molecule has 2 aromatic rings. The molecule has 0 radical (unpaired) electrons. The number of hydrogen-bond acceptors (Lipinski definition) is 3. The van der Waals surface area contributed by atoms with E-state index < -0.39 is 0 Å². The van der Waals surface area contributed by atoms with Crippen molar-refractivity contribution >= 4 is 21.6 Å². The summed E-state index contributed by atoms with van der Waals surface area (Å²) in [7, 11) is 0. The Morgan fingerprint density at radius 1 is 1.31 bits per heavy atom. The van der Waals surface area contributed by atoms with Crippen LogP contribution in [-0.4, -0.2) is 4.98 Å². The van der Waals surface area contributed by atoms with Gasteiger partial charge in [-0.05, 0) is 34.1 Å². The van der Waals surface area contributed by atoms with Gasteiger partial charge in [-0.15, -0.1) is 0 Å². The molecule has 0 aliphatic heterocycles. The van der Waals surface area contributed by atoms with Gasteiger partial charge in [-0.25, -0.2) is 0 Å². The summed E-state index contributed by atoms with van der Waals surface area (Å²) in [6, 6.07) is 5.43. The van der Waals surface area contributed by atoms with E-state index in [0.717, 1.165) is 15.9 Å². The molecule has 2 aromatic heterocycles. The molecule has 2 rings (SSSR count). The summed E-state index contributed by atoms with van der Waals surface area (Å²) in [6.07, 6.45) is 3.21. The smallest absolute Gasteiger partial charge is 0.166 e. The standard InChI is InChI=1S/C9H7BrN2O/c10-7-3-4-13-9(7)8-2-1-6(11)5-12-8/h1-5H,11H2. The molecule has 0 aromatic carbocycles. The van der Waals surface area contributed by atoms with Crippen molar-refractivity contribution in [2.24, 2.45) is 0 Å². The topological polar surface area (TPSA) is 52.0 Å². The number of nitrogens with zero attached hydrogens (tertiary/aromatic N) is 1. The minimum atomic E-state index is 0.645. The number of pyridine rings is 1. The summed E-state index contributed by atoms with van der Waals surface area (Å²) >= 11 is 3.36. The molecule has 0 unspecified atom stereocenters. The first-order chi connectivity index (χ1) is 6.27. The summed E-state index contributed by atoms with van der Waals surface area (Å²) in [4.78, 5) is 4.13. The molecule has 13 heavy (non-hydrogen) atoms. The molecule has 0 aliphatic carbocycles. The van der Waals surface area contributed by atoms with E-state index in [1.54, 1.807) is 18.5 Å². The summed E-state index contributed by atoms with van der Waals surface area (Å²) < 4.78 is 6.13. The van der Waals surface area contributed by atoms with Gasteiger partial charge in [-0.2, -0.15) is 0 Å². The van der Waals surface area contributed by atoms with Crippen LogP contribution in [0.1, 0.15) is 0 Å². The number of hydrogen-bond donors (Lipinski definition) is 1. The lowest BCUT2D eigenvalue weighted by Crippen LogP contribution is -1.87. The van der Waals surface area contributed by atoms with E-state index in [1.807, 2.05) is 12.1 Å². The molecule has 0 aliphatic rings. The first kappa shape index (κ1) is 8.31. The van der Waals surface area contributed by atoms with Gasteiger partial charge in [0.2, 0.25) is 0 Å². The Morgan fingerprint density at radius 2 is 2.15 bits per heavy atom. The molecule has 2 heterocycles. The zero-order valence-corrected chi connectivity index (χ0v) is 8.28. The molecular formula is C9H7BrN2O. The van der Waals surface area contributed by atoms with Crippen molar-refractivity contribution in [2.75, 3.05) is 5.73 Å². The average Bonchev–Trinajstić information content (AvgIpc) is 2.53. The van der Waals surface area contributed by atoms with E-state index in [9.17, 15) is 0 Å². The number of furan rings is 1. The summed E-state index contributed by atoms with van der Waals surface area (Å²) in [5, 5.41) is 0. The Kier molecular flexibility index (Phi) is 2.06. The molecule has 0 saturated carbocycles. The molecule has 3 nitrogen and oxygen atoms in total. The molecule has 0 amide bonds. The van der Waals surface area contributed by atoms with Gasteiger partial charge < -0.3 is 10.2 Å². The van der Waals surface area contributed by atoms with Crippen LogP contribution in [0, 0.1) is 0 Å². The fraction of sp³-hybridized carbons (Fsp3) is 0. The Balaban J connectivity index is 2.47. The lowest BCUT2D eigenvalue weighted by atomic mass is 10.3. The minimum Gasteiger partial charge on any atom is -0.461 e. The van der Waals surface area contributed by atoms with Crippen LogP contribution in [0.5, 0.6) is 0 Å². The van der Waals surface area contributed by atoms with E-state index in [0.29, 0.717) is 5.69 Å². The van der Waals surface area contributed by atoms with Crippen LogP contribution in [0.3, 0.4) is 0 Å². The van der Waals surface area contributed by atoms with Crippen LogP contribution in [-0.2, 0) is 0 Å². The van der Waals surface area contributed by atoms with Crippen molar-refractivity contribution in [3.8, 4) is 11.5 Å². The highest BCUT2D eigenvalue weighted by Crippen LogP contribution is 2.27. The Labute approximate surface area is 83.7 Å². The molecule has 0 fully saturated rings. The van der Waals surface area contributed by atoms with Crippen molar-refractivity contribution in [1.29, 1.82) is 0 Å². The van der Waals surface area contributed by atoms with E-state index in [2.05, 4.69) is 20.9 Å². The number of nitrogen functional groups attached to an aromatic ring is 1. The third-order valence-electron chi connectivity index (χ3n) is 1.64. The second-order valence-electron chi connectivity index (χ2n) is 2.57. The van der Waals surface area contributed by atoms with Gasteiger partial charge in [0.25, 0.3) is 0 Å². The Morgan fingerprint density at radius 3 is 2.69 bits per heavy atom. The number of rotatable bonds is 1. The maximum Gasteiger partial charge on any atom is 0.166 e. The maximum absolute atomic E-state index is 5.51. The third kappa shape index (κ3) is 1.58. The second-order valence-corrected chi connectivity index (χ2v) is 3.43. The number of anilines is 1. The van der Waals surface area contributed by atoms with Gasteiger partial charge in [-0.3, -0.25) is 4.98 Å². The molecule has 0 bridgehead atoms. The van der Waals surface area contributed by atoms with Crippen molar-refractivity contribution in [1.82, 2.24) is 4.98 Å². The van der Waals surface area contributed by atoms with Crippen LogP contribution in [0.2, 0.25) is 0 Å². The highest BCUT2D eigenvalue weighted by Gasteiger charge is 2.06. The first-order valence-corrected chi connectivity index (χ1v) is 4.51. The van der Waals surface area contributed by atoms with Gasteiger partial charge in [-0.1, -0.05) is 0 Å². The van der Waals surface area contributed by atoms with E-state index in [-0.39, 0.29) is 0 Å². The van der Waals surface area contributed by atoms with Gasteiger partial charge in [0.05, 0.1) is 22.6 Å². The molecular weight excluding hydrogens is 232 g/mol. The van der Waals surface area contributed by atoms with Crippen molar-refractivity contribution in [2.45, 2.75) is 0 Å². The molecule has 0 atom stereocenters. The lowest BCUT2D eigenvalue weighted by Gasteiger charge is -1.97. The summed E-state index contributed by atoms with van der Waals surface area (Å²) in [5.74, 6) is 0.722. The highest BCUT2D eigenvalue weighted by molar-refractivity contribution is 9.10.